The van der Waals surface area contributed by atoms with Crippen molar-refractivity contribution in [3.8, 4) is 0 Å². The second kappa shape index (κ2) is 6.09. The van der Waals surface area contributed by atoms with Gasteiger partial charge in [-0.2, -0.15) is 0 Å². The van der Waals surface area contributed by atoms with Crippen molar-refractivity contribution in [2.75, 3.05) is 37.2 Å². The molecular weight excluding hydrogens is 248 g/mol. The number of fused-ring (bicyclic) bond motifs is 1. The fourth-order valence-corrected chi connectivity index (χ4v) is 2.88. The van der Waals surface area contributed by atoms with Crippen LogP contribution in [0.3, 0.4) is 0 Å². The Balaban J connectivity index is 1.68. The Morgan fingerprint density at radius 3 is 2.80 bits per heavy atom. The minimum atomic E-state index is 0.724. The van der Waals surface area contributed by atoms with Gasteiger partial charge in [0.1, 0.15) is 0 Å². The van der Waals surface area contributed by atoms with Crippen molar-refractivity contribution < 1.29 is 0 Å². The normalized spacial score (nSPS) is 16.4. The van der Waals surface area contributed by atoms with Crippen LogP contribution in [0, 0.1) is 0 Å². The maximum Gasteiger partial charge on any atom is 0.0743 e. The fourth-order valence-electron chi connectivity index (χ4n) is 2.88. The van der Waals surface area contributed by atoms with Crippen molar-refractivity contribution in [3.05, 3.63) is 30.5 Å². The zero-order valence-electron chi connectivity index (χ0n) is 11.8. The standard InChI is InChI=1S/C16H22N4/c17-14-12-19-15-7-3-2-6-13(15)16(14)18-8-11-20-9-4-1-5-10-20/h2-3,6-7,12H,1,4-5,8-11,17H2,(H,18,19). The van der Waals surface area contributed by atoms with Crippen molar-refractivity contribution >= 4 is 22.3 Å². The number of rotatable bonds is 4. The summed E-state index contributed by atoms with van der Waals surface area (Å²) in [5.41, 5.74) is 8.80. The van der Waals surface area contributed by atoms with E-state index < -0.39 is 0 Å². The van der Waals surface area contributed by atoms with Gasteiger partial charge in [0.05, 0.1) is 23.1 Å². The molecule has 0 spiro atoms. The van der Waals surface area contributed by atoms with Crippen LogP contribution in [-0.4, -0.2) is 36.1 Å². The summed E-state index contributed by atoms with van der Waals surface area (Å²) in [6, 6.07) is 8.12. The van der Waals surface area contributed by atoms with Gasteiger partial charge in [0.2, 0.25) is 0 Å². The van der Waals surface area contributed by atoms with Gasteiger partial charge in [-0.05, 0) is 32.0 Å². The van der Waals surface area contributed by atoms with E-state index in [2.05, 4.69) is 21.3 Å². The molecule has 20 heavy (non-hydrogen) atoms. The lowest BCUT2D eigenvalue weighted by Crippen LogP contribution is -2.33. The molecule has 4 nitrogen and oxygen atoms in total. The summed E-state index contributed by atoms with van der Waals surface area (Å²) in [4.78, 5) is 6.89. The van der Waals surface area contributed by atoms with Gasteiger partial charge in [-0.25, -0.2) is 0 Å². The molecule has 0 saturated carbocycles. The summed E-state index contributed by atoms with van der Waals surface area (Å²) in [6.07, 6.45) is 5.79. The summed E-state index contributed by atoms with van der Waals surface area (Å²) in [6.45, 7) is 4.47. The minimum absolute atomic E-state index is 0.724. The Hall–Kier alpha value is -1.81. The zero-order valence-corrected chi connectivity index (χ0v) is 11.8. The second-order valence-electron chi connectivity index (χ2n) is 5.43. The minimum Gasteiger partial charge on any atom is -0.396 e. The zero-order chi connectivity index (χ0) is 13.8. The molecule has 1 aliphatic rings. The van der Waals surface area contributed by atoms with E-state index in [1.807, 2.05) is 18.2 Å². The monoisotopic (exact) mass is 270 g/mol. The highest BCUT2D eigenvalue weighted by Crippen LogP contribution is 2.27. The number of pyridine rings is 1. The first-order valence-corrected chi connectivity index (χ1v) is 7.44. The molecule has 0 bridgehead atoms. The van der Waals surface area contributed by atoms with Crippen molar-refractivity contribution in [1.82, 2.24) is 9.88 Å². The van der Waals surface area contributed by atoms with E-state index in [-0.39, 0.29) is 0 Å². The molecule has 3 N–H and O–H groups in total. The van der Waals surface area contributed by atoms with E-state index in [4.69, 9.17) is 5.73 Å². The van der Waals surface area contributed by atoms with Crippen LogP contribution in [0.1, 0.15) is 19.3 Å². The van der Waals surface area contributed by atoms with E-state index >= 15 is 0 Å². The number of nitrogens with zero attached hydrogens (tertiary/aromatic N) is 2. The maximum absolute atomic E-state index is 6.07. The van der Waals surface area contributed by atoms with Gasteiger partial charge < -0.3 is 16.0 Å². The molecule has 2 heterocycles. The third-order valence-corrected chi connectivity index (χ3v) is 3.98. The predicted octanol–water partition coefficient (Wildman–Crippen LogP) is 2.71. The highest BCUT2D eigenvalue weighted by molar-refractivity contribution is 5.96. The summed E-state index contributed by atoms with van der Waals surface area (Å²) in [7, 11) is 0. The molecule has 0 radical (unpaired) electrons. The number of para-hydroxylation sites is 1. The van der Waals surface area contributed by atoms with Crippen molar-refractivity contribution in [1.29, 1.82) is 0 Å². The summed E-state index contributed by atoms with van der Waals surface area (Å²) in [5.74, 6) is 0. The Labute approximate surface area is 120 Å². The van der Waals surface area contributed by atoms with Gasteiger partial charge >= 0.3 is 0 Å². The Bertz CT molecular complexity index is 576. The number of likely N-dealkylation sites (tertiary alicyclic amines) is 1. The first kappa shape index (κ1) is 13.2. The molecule has 4 heteroatoms. The molecule has 1 aliphatic heterocycles. The van der Waals surface area contributed by atoms with Crippen molar-refractivity contribution in [2.24, 2.45) is 0 Å². The number of piperidine rings is 1. The Morgan fingerprint density at radius 2 is 1.95 bits per heavy atom. The SMILES string of the molecule is Nc1cnc2ccccc2c1NCCN1CCCCC1. The molecule has 1 aromatic carbocycles. The number of nitrogen functional groups attached to an aromatic ring is 1. The average molecular weight is 270 g/mol. The largest absolute Gasteiger partial charge is 0.396 e. The number of anilines is 2. The lowest BCUT2D eigenvalue weighted by Gasteiger charge is -2.26. The lowest BCUT2D eigenvalue weighted by molar-refractivity contribution is 0.237. The molecule has 0 amide bonds. The summed E-state index contributed by atoms with van der Waals surface area (Å²) in [5, 5.41) is 4.60. The molecular formula is C16H22N4. The third-order valence-electron chi connectivity index (χ3n) is 3.98. The number of aromatic nitrogens is 1. The first-order chi connectivity index (χ1) is 9.84. The van der Waals surface area contributed by atoms with Crippen LogP contribution in [0.25, 0.3) is 10.9 Å². The third kappa shape index (κ3) is 2.85. The van der Waals surface area contributed by atoms with E-state index in [9.17, 15) is 0 Å². The molecule has 0 atom stereocenters. The van der Waals surface area contributed by atoms with Crippen LogP contribution in [-0.2, 0) is 0 Å². The van der Waals surface area contributed by atoms with Gasteiger partial charge in [-0.3, -0.25) is 4.98 Å². The smallest absolute Gasteiger partial charge is 0.0743 e. The van der Waals surface area contributed by atoms with Crippen LogP contribution < -0.4 is 11.1 Å². The number of hydrogen-bond acceptors (Lipinski definition) is 4. The molecule has 0 unspecified atom stereocenters. The number of benzene rings is 1. The molecule has 2 aromatic rings. The van der Waals surface area contributed by atoms with E-state index in [0.717, 1.165) is 35.4 Å². The first-order valence-electron chi connectivity index (χ1n) is 7.44. The molecule has 1 aromatic heterocycles. The lowest BCUT2D eigenvalue weighted by atomic mass is 10.1. The molecule has 1 fully saturated rings. The number of nitrogens with two attached hydrogens (primary N) is 1. The summed E-state index contributed by atoms with van der Waals surface area (Å²) < 4.78 is 0. The van der Waals surface area contributed by atoms with Crippen LogP contribution in [0.5, 0.6) is 0 Å². The van der Waals surface area contributed by atoms with E-state index in [1.54, 1.807) is 6.20 Å². The van der Waals surface area contributed by atoms with Gasteiger partial charge in [0, 0.05) is 18.5 Å². The number of nitrogens with one attached hydrogen (secondary N) is 1. The molecule has 3 rings (SSSR count). The molecule has 0 aliphatic carbocycles. The van der Waals surface area contributed by atoms with Gasteiger partial charge in [-0.1, -0.05) is 24.6 Å². The quantitative estimate of drug-likeness (QED) is 0.897. The van der Waals surface area contributed by atoms with E-state index in [0.29, 0.717) is 0 Å². The highest BCUT2D eigenvalue weighted by atomic mass is 15.1. The Morgan fingerprint density at radius 1 is 1.15 bits per heavy atom. The van der Waals surface area contributed by atoms with E-state index in [1.165, 1.54) is 32.4 Å². The van der Waals surface area contributed by atoms with Crippen LogP contribution in [0.15, 0.2) is 30.5 Å². The average Bonchev–Trinajstić information content (AvgIpc) is 2.50. The van der Waals surface area contributed by atoms with Crippen LogP contribution in [0.2, 0.25) is 0 Å². The van der Waals surface area contributed by atoms with Gasteiger partial charge in [0.25, 0.3) is 0 Å². The summed E-state index contributed by atoms with van der Waals surface area (Å²) >= 11 is 0. The maximum atomic E-state index is 6.07. The van der Waals surface area contributed by atoms with Crippen molar-refractivity contribution in [2.45, 2.75) is 19.3 Å². The van der Waals surface area contributed by atoms with Gasteiger partial charge in [-0.15, -0.1) is 0 Å². The molecule has 1 saturated heterocycles. The number of hydrogen-bond donors (Lipinski definition) is 2. The van der Waals surface area contributed by atoms with Crippen LogP contribution >= 0.6 is 0 Å². The predicted molar refractivity (Wildman–Crippen MR) is 84.9 cm³/mol. The molecule has 106 valence electrons. The highest BCUT2D eigenvalue weighted by Gasteiger charge is 2.10. The van der Waals surface area contributed by atoms with Crippen molar-refractivity contribution in [3.63, 3.8) is 0 Å². The Kier molecular flexibility index (Phi) is 4.02. The fraction of sp³-hybridized carbons (Fsp3) is 0.438. The topological polar surface area (TPSA) is 54.2 Å². The van der Waals surface area contributed by atoms with Gasteiger partial charge in [0.15, 0.2) is 0 Å². The van der Waals surface area contributed by atoms with Crippen LogP contribution in [0.4, 0.5) is 11.4 Å². The second-order valence-corrected chi connectivity index (χ2v) is 5.43.